The van der Waals surface area contributed by atoms with Crippen LogP contribution >= 0.6 is 11.6 Å². The van der Waals surface area contributed by atoms with Gasteiger partial charge in [0, 0.05) is 5.02 Å². The van der Waals surface area contributed by atoms with Gasteiger partial charge in [-0.25, -0.2) is 0 Å². The number of nitrogens with one attached hydrogen (secondary N) is 1. The van der Waals surface area contributed by atoms with Crippen molar-refractivity contribution in [2.45, 2.75) is 19.8 Å². The summed E-state index contributed by atoms with van der Waals surface area (Å²) in [6, 6.07) is 5.79. The molecule has 0 bridgehead atoms. The molecule has 2 unspecified atom stereocenters. The van der Waals surface area contributed by atoms with Crippen molar-refractivity contribution >= 4 is 11.6 Å². The molecule has 0 fully saturated rings. The Hall–Kier alpha value is -0.730. The first-order chi connectivity index (χ1) is 7.60. The molecule has 0 spiro atoms. The Labute approximate surface area is 103 Å². The third kappa shape index (κ3) is 3.13. The summed E-state index contributed by atoms with van der Waals surface area (Å²) >= 11 is 6.03. The molecule has 3 heteroatoms. The van der Waals surface area contributed by atoms with E-state index in [1.807, 2.05) is 25.2 Å². The number of hydrogen-bond donors (Lipinski definition) is 1. The summed E-state index contributed by atoms with van der Waals surface area (Å²) in [5.74, 6) is 1.87. The lowest BCUT2D eigenvalue weighted by Gasteiger charge is -2.22. The van der Waals surface area contributed by atoms with Crippen LogP contribution < -0.4 is 10.1 Å². The molecule has 0 amide bonds. The van der Waals surface area contributed by atoms with E-state index < -0.39 is 0 Å². The molecule has 0 aliphatic rings. The minimum atomic E-state index is 0.418. The Morgan fingerprint density at radius 2 is 2.06 bits per heavy atom. The molecule has 1 aromatic carbocycles. The lowest BCUT2D eigenvalue weighted by Crippen LogP contribution is -2.21. The van der Waals surface area contributed by atoms with Crippen LogP contribution in [0.2, 0.25) is 5.02 Å². The standard InChI is InChI=1S/C13H20ClNO/c1-9(8-15-3)10(2)12-7-11(14)5-6-13(12)16-4/h5-7,9-10,15H,8H2,1-4H3. The van der Waals surface area contributed by atoms with E-state index in [9.17, 15) is 0 Å². The van der Waals surface area contributed by atoms with Crippen LogP contribution in [0.1, 0.15) is 25.3 Å². The number of halogens is 1. The normalized spacial score (nSPS) is 14.6. The fourth-order valence-electron chi connectivity index (χ4n) is 1.87. The van der Waals surface area contributed by atoms with Crippen molar-refractivity contribution in [1.29, 1.82) is 0 Å². The fourth-order valence-corrected chi connectivity index (χ4v) is 2.05. The Morgan fingerprint density at radius 3 is 2.62 bits per heavy atom. The molecule has 0 radical (unpaired) electrons. The highest BCUT2D eigenvalue weighted by Crippen LogP contribution is 2.33. The Morgan fingerprint density at radius 1 is 1.38 bits per heavy atom. The number of methoxy groups -OCH3 is 1. The van der Waals surface area contributed by atoms with E-state index in [1.165, 1.54) is 5.56 Å². The van der Waals surface area contributed by atoms with Gasteiger partial charge < -0.3 is 10.1 Å². The van der Waals surface area contributed by atoms with Crippen molar-refractivity contribution in [1.82, 2.24) is 5.32 Å². The van der Waals surface area contributed by atoms with E-state index in [0.29, 0.717) is 11.8 Å². The summed E-state index contributed by atoms with van der Waals surface area (Å²) < 4.78 is 5.37. The minimum absolute atomic E-state index is 0.418. The molecule has 1 rings (SSSR count). The summed E-state index contributed by atoms with van der Waals surface area (Å²) in [4.78, 5) is 0. The molecule has 1 aromatic rings. The molecule has 0 aromatic heterocycles. The molecular formula is C13H20ClNO. The van der Waals surface area contributed by atoms with Crippen LogP contribution in [0.3, 0.4) is 0 Å². The molecule has 1 N–H and O–H groups in total. The Bertz CT molecular complexity index is 341. The van der Waals surface area contributed by atoms with Gasteiger partial charge in [-0.15, -0.1) is 0 Å². The van der Waals surface area contributed by atoms with E-state index in [1.54, 1.807) is 7.11 Å². The predicted octanol–water partition coefficient (Wildman–Crippen LogP) is 3.31. The van der Waals surface area contributed by atoms with Gasteiger partial charge in [0.2, 0.25) is 0 Å². The predicted molar refractivity (Wildman–Crippen MR) is 69.5 cm³/mol. The van der Waals surface area contributed by atoms with E-state index >= 15 is 0 Å². The van der Waals surface area contributed by atoms with Crippen LogP contribution in [-0.2, 0) is 0 Å². The zero-order chi connectivity index (χ0) is 12.1. The van der Waals surface area contributed by atoms with Gasteiger partial charge in [0.05, 0.1) is 7.11 Å². The molecule has 0 saturated heterocycles. The van der Waals surface area contributed by atoms with Crippen LogP contribution in [0.4, 0.5) is 0 Å². The number of ether oxygens (including phenoxy) is 1. The maximum atomic E-state index is 6.03. The molecule has 0 aliphatic carbocycles. The third-order valence-electron chi connectivity index (χ3n) is 3.06. The van der Waals surface area contributed by atoms with Gasteiger partial charge in [0.1, 0.15) is 5.75 Å². The quantitative estimate of drug-likeness (QED) is 0.854. The number of benzene rings is 1. The second kappa shape index (κ2) is 6.12. The van der Waals surface area contributed by atoms with Gasteiger partial charge in [-0.1, -0.05) is 25.4 Å². The zero-order valence-corrected chi connectivity index (χ0v) is 11.1. The van der Waals surface area contributed by atoms with Crippen LogP contribution in [0, 0.1) is 5.92 Å². The fraction of sp³-hybridized carbons (Fsp3) is 0.538. The number of rotatable bonds is 5. The van der Waals surface area contributed by atoms with Gasteiger partial charge in [-0.3, -0.25) is 0 Å². The highest BCUT2D eigenvalue weighted by Gasteiger charge is 2.17. The van der Waals surface area contributed by atoms with E-state index in [2.05, 4.69) is 19.2 Å². The zero-order valence-electron chi connectivity index (χ0n) is 10.4. The van der Waals surface area contributed by atoms with Crippen molar-refractivity contribution in [3.8, 4) is 5.75 Å². The van der Waals surface area contributed by atoms with Crippen molar-refractivity contribution in [2.75, 3.05) is 20.7 Å². The monoisotopic (exact) mass is 241 g/mol. The van der Waals surface area contributed by atoms with Crippen LogP contribution in [-0.4, -0.2) is 20.7 Å². The summed E-state index contributed by atoms with van der Waals surface area (Å²) in [5, 5.41) is 3.96. The van der Waals surface area contributed by atoms with Crippen molar-refractivity contribution in [3.05, 3.63) is 28.8 Å². The smallest absolute Gasteiger partial charge is 0.122 e. The van der Waals surface area contributed by atoms with Gasteiger partial charge in [0.25, 0.3) is 0 Å². The average molecular weight is 242 g/mol. The first-order valence-electron chi connectivity index (χ1n) is 5.58. The molecule has 16 heavy (non-hydrogen) atoms. The van der Waals surface area contributed by atoms with Crippen LogP contribution in [0.5, 0.6) is 5.75 Å². The third-order valence-corrected chi connectivity index (χ3v) is 3.30. The summed E-state index contributed by atoms with van der Waals surface area (Å²) in [7, 11) is 3.67. The summed E-state index contributed by atoms with van der Waals surface area (Å²) in [6.07, 6.45) is 0. The van der Waals surface area contributed by atoms with Crippen LogP contribution in [0.25, 0.3) is 0 Å². The first-order valence-corrected chi connectivity index (χ1v) is 5.96. The summed E-state index contributed by atoms with van der Waals surface area (Å²) in [5.41, 5.74) is 1.18. The molecule has 2 nitrogen and oxygen atoms in total. The lowest BCUT2D eigenvalue weighted by atomic mass is 9.88. The van der Waals surface area contributed by atoms with E-state index in [-0.39, 0.29) is 0 Å². The molecule has 0 saturated carbocycles. The second-order valence-corrected chi connectivity index (χ2v) is 4.65. The van der Waals surface area contributed by atoms with Crippen molar-refractivity contribution in [3.63, 3.8) is 0 Å². The molecule has 90 valence electrons. The molecular weight excluding hydrogens is 222 g/mol. The van der Waals surface area contributed by atoms with Gasteiger partial charge >= 0.3 is 0 Å². The van der Waals surface area contributed by atoms with Crippen molar-refractivity contribution in [2.24, 2.45) is 5.92 Å². The Balaban J connectivity index is 2.96. The first kappa shape index (κ1) is 13.3. The van der Waals surface area contributed by atoms with Crippen LogP contribution in [0.15, 0.2) is 18.2 Å². The van der Waals surface area contributed by atoms with Gasteiger partial charge in [0.15, 0.2) is 0 Å². The van der Waals surface area contributed by atoms with Gasteiger partial charge in [-0.2, -0.15) is 0 Å². The molecule has 2 atom stereocenters. The SMILES string of the molecule is CNCC(C)C(C)c1cc(Cl)ccc1OC. The average Bonchev–Trinajstić information content (AvgIpc) is 2.28. The van der Waals surface area contributed by atoms with E-state index in [0.717, 1.165) is 17.3 Å². The largest absolute Gasteiger partial charge is 0.496 e. The highest BCUT2D eigenvalue weighted by atomic mass is 35.5. The topological polar surface area (TPSA) is 21.3 Å². The minimum Gasteiger partial charge on any atom is -0.496 e. The second-order valence-electron chi connectivity index (χ2n) is 4.21. The maximum absolute atomic E-state index is 6.03. The summed E-state index contributed by atoms with van der Waals surface area (Å²) in [6.45, 7) is 5.41. The maximum Gasteiger partial charge on any atom is 0.122 e. The van der Waals surface area contributed by atoms with Crippen molar-refractivity contribution < 1.29 is 4.74 Å². The molecule has 0 heterocycles. The lowest BCUT2D eigenvalue weighted by molar-refractivity contribution is 0.392. The van der Waals surface area contributed by atoms with E-state index in [4.69, 9.17) is 16.3 Å². The number of hydrogen-bond acceptors (Lipinski definition) is 2. The molecule has 0 aliphatic heterocycles. The van der Waals surface area contributed by atoms with Gasteiger partial charge in [-0.05, 0) is 49.2 Å². The highest BCUT2D eigenvalue weighted by molar-refractivity contribution is 6.30. The Kier molecular flexibility index (Phi) is 5.10.